The number of amides is 2. The minimum absolute atomic E-state index is 0.0239. The van der Waals surface area contributed by atoms with E-state index in [2.05, 4.69) is 69.4 Å². The van der Waals surface area contributed by atoms with Gasteiger partial charge >= 0.3 is 6.03 Å². The smallest absolute Gasteiger partial charge is 0.308 e. The predicted octanol–water partition coefficient (Wildman–Crippen LogP) is 5.83. The van der Waals surface area contributed by atoms with Crippen molar-refractivity contribution in [2.75, 3.05) is 17.6 Å². The van der Waals surface area contributed by atoms with Gasteiger partial charge in [-0.15, -0.1) is 11.8 Å². The largest absolute Gasteiger partial charge is 0.323 e. The van der Waals surface area contributed by atoms with Gasteiger partial charge in [-0.25, -0.2) is 4.79 Å². The summed E-state index contributed by atoms with van der Waals surface area (Å²) in [5, 5.41) is 3.13. The molecular weight excluding hydrogens is 340 g/mol. The molecule has 1 aliphatic rings. The number of urea groups is 1. The summed E-state index contributed by atoms with van der Waals surface area (Å²) in [4.78, 5) is 14.7. The number of hydrogen-bond acceptors (Lipinski definition) is 2. The highest BCUT2D eigenvalue weighted by atomic mass is 32.2. The van der Waals surface area contributed by atoms with Crippen molar-refractivity contribution in [3.05, 3.63) is 65.2 Å². The lowest BCUT2D eigenvalue weighted by Gasteiger charge is -2.25. The van der Waals surface area contributed by atoms with Crippen molar-refractivity contribution in [3.63, 3.8) is 0 Å². The van der Waals surface area contributed by atoms with E-state index < -0.39 is 0 Å². The van der Waals surface area contributed by atoms with Crippen LogP contribution < -0.4 is 5.32 Å². The second-order valence-corrected chi connectivity index (χ2v) is 8.96. The van der Waals surface area contributed by atoms with E-state index in [1.54, 1.807) is 0 Å². The number of carbonyl (C=O) groups is 1. The predicted molar refractivity (Wildman–Crippen MR) is 112 cm³/mol. The monoisotopic (exact) mass is 368 g/mol. The Bertz CT molecular complexity index is 747. The van der Waals surface area contributed by atoms with Gasteiger partial charge in [-0.3, -0.25) is 0 Å². The molecule has 2 aromatic carbocycles. The number of rotatable bonds is 3. The zero-order valence-corrected chi connectivity index (χ0v) is 16.9. The molecule has 1 fully saturated rings. The van der Waals surface area contributed by atoms with Crippen LogP contribution in [0.5, 0.6) is 0 Å². The van der Waals surface area contributed by atoms with Gasteiger partial charge in [-0.1, -0.05) is 64.1 Å². The minimum atomic E-state index is -0.0239. The molecule has 0 aromatic heterocycles. The number of hydrogen-bond donors (Lipinski definition) is 1. The molecule has 3 nitrogen and oxygen atoms in total. The van der Waals surface area contributed by atoms with E-state index in [0.29, 0.717) is 0 Å². The Labute approximate surface area is 161 Å². The Morgan fingerprint density at radius 2 is 1.77 bits per heavy atom. The first kappa shape index (κ1) is 18.8. The molecule has 0 spiro atoms. The number of aryl methyl sites for hydroxylation is 1. The Morgan fingerprint density at radius 1 is 1.12 bits per heavy atom. The van der Waals surface area contributed by atoms with Gasteiger partial charge in [0.1, 0.15) is 5.37 Å². The lowest BCUT2D eigenvalue weighted by Crippen LogP contribution is -2.34. The van der Waals surface area contributed by atoms with E-state index in [-0.39, 0.29) is 16.8 Å². The highest BCUT2D eigenvalue weighted by molar-refractivity contribution is 7.99. The number of nitrogens with zero attached hydrogens (tertiary/aromatic N) is 1. The Hall–Kier alpha value is -1.94. The van der Waals surface area contributed by atoms with Crippen molar-refractivity contribution in [2.24, 2.45) is 0 Å². The number of nitrogens with one attached hydrogen (secondary N) is 1. The number of benzene rings is 2. The fourth-order valence-corrected chi connectivity index (χ4v) is 4.38. The molecule has 2 aromatic rings. The van der Waals surface area contributed by atoms with E-state index in [1.165, 1.54) is 16.7 Å². The zero-order valence-electron chi connectivity index (χ0n) is 16.1. The second-order valence-electron chi connectivity index (χ2n) is 7.77. The molecule has 2 amide bonds. The molecule has 0 radical (unpaired) electrons. The van der Waals surface area contributed by atoms with Crippen LogP contribution in [0.25, 0.3) is 0 Å². The normalized spacial score (nSPS) is 17.4. The summed E-state index contributed by atoms with van der Waals surface area (Å²) < 4.78 is 0. The number of carbonyl (C=O) groups excluding carboxylic acids is 1. The third-order valence-corrected chi connectivity index (χ3v) is 6.09. The van der Waals surface area contributed by atoms with Crippen LogP contribution in [0, 0.1) is 0 Å². The van der Waals surface area contributed by atoms with Gasteiger partial charge in [0.2, 0.25) is 0 Å². The molecule has 4 heteroatoms. The molecule has 1 heterocycles. The summed E-state index contributed by atoms with van der Waals surface area (Å²) in [7, 11) is 0. The lowest BCUT2D eigenvalue weighted by molar-refractivity contribution is 0.214. The van der Waals surface area contributed by atoms with Crippen LogP contribution in [-0.4, -0.2) is 23.2 Å². The fraction of sp³-hybridized carbons (Fsp3) is 0.409. The molecule has 0 bridgehead atoms. The highest BCUT2D eigenvalue weighted by Crippen LogP contribution is 2.38. The maximum absolute atomic E-state index is 12.8. The van der Waals surface area contributed by atoms with Gasteiger partial charge in [-0.05, 0) is 40.7 Å². The minimum Gasteiger partial charge on any atom is -0.308 e. The average molecular weight is 369 g/mol. The lowest BCUT2D eigenvalue weighted by atomic mass is 9.87. The van der Waals surface area contributed by atoms with Crippen LogP contribution in [0.2, 0.25) is 0 Å². The van der Waals surface area contributed by atoms with E-state index in [1.807, 2.05) is 28.8 Å². The summed E-state index contributed by atoms with van der Waals surface area (Å²) in [6.45, 7) is 9.56. The van der Waals surface area contributed by atoms with Crippen molar-refractivity contribution in [2.45, 2.75) is 44.9 Å². The quantitative estimate of drug-likeness (QED) is 0.739. The summed E-state index contributed by atoms with van der Waals surface area (Å²) in [6.07, 6.45) is 1.00. The van der Waals surface area contributed by atoms with Crippen LogP contribution in [-0.2, 0) is 11.8 Å². The Morgan fingerprint density at radius 3 is 2.35 bits per heavy atom. The first-order valence-electron chi connectivity index (χ1n) is 9.27. The zero-order chi connectivity index (χ0) is 18.7. The van der Waals surface area contributed by atoms with Crippen LogP contribution >= 0.6 is 11.8 Å². The van der Waals surface area contributed by atoms with E-state index >= 15 is 0 Å². The maximum atomic E-state index is 12.8. The third-order valence-electron chi connectivity index (χ3n) is 4.83. The van der Waals surface area contributed by atoms with Gasteiger partial charge in [0, 0.05) is 18.0 Å². The molecule has 1 saturated heterocycles. The average Bonchev–Trinajstić information content (AvgIpc) is 3.11. The molecule has 1 unspecified atom stereocenters. The van der Waals surface area contributed by atoms with Gasteiger partial charge < -0.3 is 10.2 Å². The summed E-state index contributed by atoms with van der Waals surface area (Å²) in [5.41, 5.74) is 4.78. The molecule has 3 rings (SSSR count). The Balaban J connectivity index is 1.71. The molecule has 26 heavy (non-hydrogen) atoms. The van der Waals surface area contributed by atoms with Crippen LogP contribution in [0.4, 0.5) is 10.5 Å². The molecule has 0 aliphatic carbocycles. The standard InChI is InChI=1S/C22H28N2OS/c1-5-16-6-12-19(13-7-16)23-21(25)24-14-15-26-20(24)17-8-10-18(11-9-17)22(2,3)4/h6-13,20H,5,14-15H2,1-4H3,(H,23,25). The second kappa shape index (κ2) is 7.75. The summed E-state index contributed by atoms with van der Waals surface area (Å²) in [6, 6.07) is 16.8. The summed E-state index contributed by atoms with van der Waals surface area (Å²) in [5.74, 6) is 0.966. The molecule has 1 atom stereocenters. The van der Waals surface area contributed by atoms with Crippen LogP contribution in [0.15, 0.2) is 48.5 Å². The number of anilines is 1. The maximum Gasteiger partial charge on any atom is 0.323 e. The molecular formula is C22H28N2OS. The highest BCUT2D eigenvalue weighted by Gasteiger charge is 2.31. The molecule has 1 aliphatic heterocycles. The van der Waals surface area contributed by atoms with Gasteiger partial charge in [0.05, 0.1) is 0 Å². The SMILES string of the molecule is CCc1ccc(NC(=O)N2CCSC2c2ccc(C(C)(C)C)cc2)cc1. The van der Waals surface area contributed by atoms with Gasteiger partial charge in [0.25, 0.3) is 0 Å². The fourth-order valence-electron chi connectivity index (χ4n) is 3.12. The third kappa shape index (κ3) is 4.24. The molecule has 1 N–H and O–H groups in total. The van der Waals surface area contributed by atoms with E-state index in [0.717, 1.165) is 24.4 Å². The first-order valence-corrected chi connectivity index (χ1v) is 10.3. The van der Waals surface area contributed by atoms with Crippen molar-refractivity contribution in [1.29, 1.82) is 0 Å². The first-order chi connectivity index (χ1) is 12.4. The van der Waals surface area contributed by atoms with Crippen LogP contribution in [0.1, 0.15) is 49.8 Å². The van der Waals surface area contributed by atoms with Crippen molar-refractivity contribution in [3.8, 4) is 0 Å². The van der Waals surface area contributed by atoms with Crippen molar-refractivity contribution >= 4 is 23.5 Å². The van der Waals surface area contributed by atoms with E-state index in [4.69, 9.17) is 0 Å². The van der Waals surface area contributed by atoms with Gasteiger partial charge in [0.15, 0.2) is 0 Å². The Kier molecular flexibility index (Phi) is 5.61. The topological polar surface area (TPSA) is 32.3 Å². The number of thioether (sulfide) groups is 1. The van der Waals surface area contributed by atoms with Crippen molar-refractivity contribution in [1.82, 2.24) is 4.90 Å². The van der Waals surface area contributed by atoms with Gasteiger partial charge in [-0.2, -0.15) is 0 Å². The van der Waals surface area contributed by atoms with Crippen molar-refractivity contribution < 1.29 is 4.79 Å². The van der Waals surface area contributed by atoms with E-state index in [9.17, 15) is 4.79 Å². The van der Waals surface area contributed by atoms with Crippen LogP contribution in [0.3, 0.4) is 0 Å². The molecule has 138 valence electrons. The molecule has 0 saturated carbocycles. The summed E-state index contributed by atoms with van der Waals surface area (Å²) >= 11 is 1.83.